The fraction of sp³-hybridized carbons (Fsp3) is 0.500. The highest BCUT2D eigenvalue weighted by Crippen LogP contribution is 2.33. The summed E-state index contributed by atoms with van der Waals surface area (Å²) in [5, 5.41) is 3.70. The van der Waals surface area contributed by atoms with Crippen LogP contribution < -0.4 is 10.1 Å². The molecule has 1 heterocycles. The number of amides is 1. The smallest absolute Gasteiger partial charge is 0.226 e. The van der Waals surface area contributed by atoms with E-state index >= 15 is 0 Å². The largest absolute Gasteiger partial charge is 0.496 e. The van der Waals surface area contributed by atoms with E-state index in [9.17, 15) is 4.79 Å². The van der Waals surface area contributed by atoms with E-state index in [0.29, 0.717) is 17.5 Å². The number of methoxy groups -OCH3 is 1. The van der Waals surface area contributed by atoms with Crippen molar-refractivity contribution in [2.75, 3.05) is 12.4 Å². The number of thiazole rings is 1. The topological polar surface area (TPSA) is 51.2 Å². The molecule has 0 unspecified atom stereocenters. The maximum absolute atomic E-state index is 12.3. The molecule has 2 aromatic rings. The molecular formula is C20H26N2O2S. The number of nitrogens with one attached hydrogen (secondary N) is 1. The highest BCUT2D eigenvalue weighted by atomic mass is 32.1. The summed E-state index contributed by atoms with van der Waals surface area (Å²) >= 11 is 1.54. The van der Waals surface area contributed by atoms with Gasteiger partial charge in [0, 0.05) is 16.9 Å². The maximum atomic E-state index is 12.3. The van der Waals surface area contributed by atoms with Gasteiger partial charge in [0.05, 0.1) is 12.8 Å². The minimum Gasteiger partial charge on any atom is -0.496 e. The lowest BCUT2D eigenvalue weighted by molar-refractivity contribution is -0.117. The zero-order valence-electron chi connectivity index (χ0n) is 15.2. The number of hydrogen-bond donors (Lipinski definition) is 1. The lowest BCUT2D eigenvalue weighted by Crippen LogP contribution is -2.18. The zero-order valence-corrected chi connectivity index (χ0v) is 16.0. The first kappa shape index (κ1) is 17.9. The van der Waals surface area contributed by atoms with Gasteiger partial charge in [-0.3, -0.25) is 4.79 Å². The van der Waals surface area contributed by atoms with Crippen LogP contribution in [0.25, 0.3) is 11.3 Å². The number of aryl methyl sites for hydroxylation is 2. The Balaban J connectivity index is 1.69. The fourth-order valence-corrected chi connectivity index (χ4v) is 4.42. The van der Waals surface area contributed by atoms with E-state index in [1.807, 2.05) is 26.0 Å². The van der Waals surface area contributed by atoms with Crippen LogP contribution in [0.15, 0.2) is 18.2 Å². The Morgan fingerprint density at radius 3 is 2.72 bits per heavy atom. The molecule has 1 aliphatic carbocycles. The Kier molecular flexibility index (Phi) is 5.74. The highest BCUT2D eigenvalue weighted by molar-refractivity contribution is 7.16. The summed E-state index contributed by atoms with van der Waals surface area (Å²) < 4.78 is 5.32. The summed E-state index contributed by atoms with van der Waals surface area (Å²) in [7, 11) is 1.68. The van der Waals surface area contributed by atoms with Gasteiger partial charge in [-0.1, -0.05) is 19.3 Å². The second-order valence-electron chi connectivity index (χ2n) is 6.86. The van der Waals surface area contributed by atoms with Crippen molar-refractivity contribution in [2.45, 2.75) is 52.4 Å². The average Bonchev–Trinajstić information content (AvgIpc) is 2.95. The van der Waals surface area contributed by atoms with Gasteiger partial charge in [-0.25, -0.2) is 4.98 Å². The van der Waals surface area contributed by atoms with Gasteiger partial charge in [0.2, 0.25) is 5.91 Å². The number of rotatable bonds is 5. The van der Waals surface area contributed by atoms with Crippen LogP contribution in [-0.4, -0.2) is 18.0 Å². The average molecular weight is 359 g/mol. The minimum atomic E-state index is 0.0955. The quantitative estimate of drug-likeness (QED) is 0.784. The van der Waals surface area contributed by atoms with Gasteiger partial charge < -0.3 is 10.1 Å². The van der Waals surface area contributed by atoms with Crippen molar-refractivity contribution < 1.29 is 9.53 Å². The van der Waals surface area contributed by atoms with Gasteiger partial charge in [0.15, 0.2) is 5.13 Å². The molecule has 134 valence electrons. The van der Waals surface area contributed by atoms with Crippen molar-refractivity contribution in [3.8, 4) is 17.0 Å². The van der Waals surface area contributed by atoms with Crippen LogP contribution in [0.4, 0.5) is 5.13 Å². The predicted octanol–water partition coefficient (Wildman–Crippen LogP) is 5.34. The minimum absolute atomic E-state index is 0.0955. The molecule has 0 aliphatic heterocycles. The summed E-state index contributed by atoms with van der Waals surface area (Å²) in [5.74, 6) is 1.51. The molecule has 4 nitrogen and oxygen atoms in total. The first-order chi connectivity index (χ1) is 12.1. The lowest BCUT2D eigenvalue weighted by atomic mass is 9.87. The van der Waals surface area contributed by atoms with Crippen LogP contribution in [0.5, 0.6) is 5.75 Å². The Morgan fingerprint density at radius 1 is 1.28 bits per heavy atom. The zero-order chi connectivity index (χ0) is 17.8. The Bertz CT molecular complexity index is 748. The number of anilines is 1. The standard InChI is InChI=1S/C20H26N2O2S/c1-13-11-16(9-10-17(13)24-3)19-14(2)25-20(22-19)21-18(23)12-15-7-5-4-6-8-15/h9-11,15H,4-8,12H2,1-3H3,(H,21,22,23). The number of nitrogens with zero attached hydrogens (tertiary/aromatic N) is 1. The lowest BCUT2D eigenvalue weighted by Gasteiger charge is -2.20. The third kappa shape index (κ3) is 4.40. The normalized spacial score (nSPS) is 15.2. The number of ether oxygens (including phenoxy) is 1. The van der Waals surface area contributed by atoms with E-state index in [0.717, 1.165) is 27.4 Å². The molecule has 0 bridgehead atoms. The molecule has 1 fully saturated rings. The second-order valence-corrected chi connectivity index (χ2v) is 8.07. The first-order valence-electron chi connectivity index (χ1n) is 8.99. The van der Waals surface area contributed by atoms with Gasteiger partial charge in [-0.15, -0.1) is 11.3 Å². The summed E-state index contributed by atoms with van der Waals surface area (Å²) in [6.07, 6.45) is 6.82. The van der Waals surface area contributed by atoms with Gasteiger partial charge in [-0.05, 0) is 56.4 Å². The van der Waals surface area contributed by atoms with E-state index in [4.69, 9.17) is 4.74 Å². The van der Waals surface area contributed by atoms with E-state index in [2.05, 4.69) is 16.4 Å². The summed E-state index contributed by atoms with van der Waals surface area (Å²) in [6.45, 7) is 4.07. The molecule has 25 heavy (non-hydrogen) atoms. The van der Waals surface area contributed by atoms with Crippen LogP contribution in [0.3, 0.4) is 0 Å². The summed E-state index contributed by atoms with van der Waals surface area (Å²) in [6, 6.07) is 6.06. The number of hydrogen-bond acceptors (Lipinski definition) is 4. The predicted molar refractivity (Wildman–Crippen MR) is 103 cm³/mol. The van der Waals surface area contributed by atoms with Crippen molar-refractivity contribution >= 4 is 22.4 Å². The van der Waals surface area contributed by atoms with Gasteiger partial charge in [-0.2, -0.15) is 0 Å². The third-order valence-electron chi connectivity index (χ3n) is 4.91. The Labute approximate surface area is 153 Å². The summed E-state index contributed by atoms with van der Waals surface area (Å²) in [5.41, 5.74) is 3.07. The molecule has 1 aliphatic rings. The molecule has 0 spiro atoms. The maximum Gasteiger partial charge on any atom is 0.226 e. The Hall–Kier alpha value is -1.88. The molecule has 1 saturated carbocycles. The highest BCUT2D eigenvalue weighted by Gasteiger charge is 2.18. The second kappa shape index (κ2) is 8.00. The van der Waals surface area contributed by atoms with Crippen molar-refractivity contribution in [1.29, 1.82) is 0 Å². The van der Waals surface area contributed by atoms with Crippen molar-refractivity contribution in [3.05, 3.63) is 28.6 Å². The van der Waals surface area contributed by atoms with Crippen molar-refractivity contribution in [1.82, 2.24) is 4.98 Å². The van der Waals surface area contributed by atoms with E-state index < -0.39 is 0 Å². The van der Waals surface area contributed by atoms with Crippen LogP contribution in [-0.2, 0) is 4.79 Å². The molecule has 0 atom stereocenters. The van der Waals surface area contributed by atoms with E-state index in [-0.39, 0.29) is 5.91 Å². The number of carbonyl (C=O) groups is 1. The molecule has 0 radical (unpaired) electrons. The molecular weight excluding hydrogens is 332 g/mol. The molecule has 3 rings (SSSR count). The molecule has 1 N–H and O–H groups in total. The van der Waals surface area contributed by atoms with Gasteiger partial charge >= 0.3 is 0 Å². The fourth-order valence-electron chi connectivity index (χ4n) is 3.57. The van der Waals surface area contributed by atoms with Crippen molar-refractivity contribution in [2.24, 2.45) is 5.92 Å². The Morgan fingerprint density at radius 2 is 2.04 bits per heavy atom. The third-order valence-corrected chi connectivity index (χ3v) is 5.80. The van der Waals surface area contributed by atoms with Crippen LogP contribution in [0.2, 0.25) is 0 Å². The molecule has 0 saturated heterocycles. The van der Waals surface area contributed by atoms with Crippen LogP contribution in [0.1, 0.15) is 49.0 Å². The molecule has 1 aromatic carbocycles. The van der Waals surface area contributed by atoms with Crippen LogP contribution in [0, 0.1) is 19.8 Å². The molecule has 1 amide bonds. The molecule has 1 aromatic heterocycles. The first-order valence-corrected chi connectivity index (χ1v) is 9.80. The van der Waals surface area contributed by atoms with E-state index in [1.54, 1.807) is 18.4 Å². The SMILES string of the molecule is COc1ccc(-c2nc(NC(=O)CC3CCCCC3)sc2C)cc1C. The number of aromatic nitrogens is 1. The van der Waals surface area contributed by atoms with Gasteiger partial charge in [0.1, 0.15) is 5.75 Å². The van der Waals surface area contributed by atoms with E-state index in [1.165, 1.54) is 32.1 Å². The number of carbonyl (C=O) groups excluding carboxylic acids is 1. The van der Waals surface area contributed by atoms with Crippen molar-refractivity contribution in [3.63, 3.8) is 0 Å². The monoisotopic (exact) mass is 358 g/mol. The summed E-state index contributed by atoms with van der Waals surface area (Å²) in [4.78, 5) is 18.1. The molecule has 5 heteroatoms. The van der Waals surface area contributed by atoms with Gasteiger partial charge in [0.25, 0.3) is 0 Å². The van der Waals surface area contributed by atoms with Crippen LogP contribution >= 0.6 is 11.3 Å². The number of benzene rings is 1.